The van der Waals surface area contributed by atoms with Crippen molar-refractivity contribution in [1.29, 1.82) is 0 Å². The van der Waals surface area contributed by atoms with Crippen molar-refractivity contribution in [3.63, 3.8) is 0 Å². The van der Waals surface area contributed by atoms with Gasteiger partial charge in [-0.1, -0.05) is 18.2 Å². The molecule has 0 amide bonds. The van der Waals surface area contributed by atoms with Gasteiger partial charge in [0.25, 0.3) is 0 Å². The van der Waals surface area contributed by atoms with E-state index in [1.165, 1.54) is 23.0 Å². The Labute approximate surface area is 158 Å². The molecule has 1 aromatic carbocycles. The Kier molecular flexibility index (Phi) is 4.88. The largest absolute Gasteiger partial charge is 0.428 e. The number of rotatable bonds is 5. The summed E-state index contributed by atoms with van der Waals surface area (Å²) in [5.41, 5.74) is -0.223. The van der Waals surface area contributed by atoms with Gasteiger partial charge in [0.15, 0.2) is 17.3 Å². The van der Waals surface area contributed by atoms with Gasteiger partial charge in [-0.3, -0.25) is 4.57 Å². The van der Waals surface area contributed by atoms with Crippen molar-refractivity contribution in [2.45, 2.75) is 24.5 Å². The zero-order valence-corrected chi connectivity index (χ0v) is 15.2. The zero-order chi connectivity index (χ0) is 19.9. The molecule has 12 heteroatoms. The SMILES string of the molecule is O=P(O)(Oc1ccccc1)c1ncnc2c1ncn2[C@@H]1O[C@H](CO)[C@@H](O)[C@H]1O. The van der Waals surface area contributed by atoms with Gasteiger partial charge >= 0.3 is 7.60 Å². The third-order valence-electron chi connectivity index (χ3n) is 4.37. The lowest BCUT2D eigenvalue weighted by molar-refractivity contribution is -0.0511. The second kappa shape index (κ2) is 7.21. The van der Waals surface area contributed by atoms with Gasteiger partial charge in [-0.15, -0.1) is 0 Å². The molecule has 4 N–H and O–H groups in total. The minimum absolute atomic E-state index is 0.0120. The molecule has 3 heterocycles. The van der Waals surface area contributed by atoms with E-state index in [1.54, 1.807) is 18.2 Å². The van der Waals surface area contributed by atoms with Gasteiger partial charge < -0.3 is 29.5 Å². The van der Waals surface area contributed by atoms with E-state index in [9.17, 15) is 24.8 Å². The van der Waals surface area contributed by atoms with Gasteiger partial charge in [0.1, 0.15) is 35.9 Å². The van der Waals surface area contributed by atoms with Crippen LogP contribution in [0.3, 0.4) is 0 Å². The number of aromatic nitrogens is 4. The summed E-state index contributed by atoms with van der Waals surface area (Å²) < 4.78 is 24.8. The smallest absolute Gasteiger partial charge is 0.420 e. The van der Waals surface area contributed by atoms with Crippen LogP contribution in [-0.4, -0.2) is 64.7 Å². The Morgan fingerprint density at radius 2 is 1.89 bits per heavy atom. The van der Waals surface area contributed by atoms with Crippen LogP contribution in [0.2, 0.25) is 0 Å². The molecule has 0 aliphatic carbocycles. The Bertz CT molecular complexity index is 1030. The van der Waals surface area contributed by atoms with Crippen molar-refractivity contribution in [3.8, 4) is 5.75 Å². The number of imidazole rings is 1. The first kappa shape index (κ1) is 18.9. The highest BCUT2D eigenvalue weighted by molar-refractivity contribution is 7.61. The second-order valence-electron chi connectivity index (χ2n) is 6.17. The fourth-order valence-corrected chi connectivity index (χ4v) is 4.13. The lowest BCUT2D eigenvalue weighted by Crippen LogP contribution is -2.33. The van der Waals surface area contributed by atoms with Gasteiger partial charge in [0, 0.05) is 0 Å². The summed E-state index contributed by atoms with van der Waals surface area (Å²) in [7, 11) is -4.40. The van der Waals surface area contributed by atoms with Crippen molar-refractivity contribution in [2.24, 2.45) is 0 Å². The van der Waals surface area contributed by atoms with E-state index >= 15 is 0 Å². The summed E-state index contributed by atoms with van der Waals surface area (Å²) in [6.45, 7) is -0.488. The molecule has 0 spiro atoms. The van der Waals surface area contributed by atoms with Gasteiger partial charge in [-0.25, -0.2) is 19.5 Å². The summed E-state index contributed by atoms with van der Waals surface area (Å²) in [5.74, 6) is 0.183. The second-order valence-corrected chi connectivity index (χ2v) is 7.82. The molecule has 1 fully saturated rings. The summed E-state index contributed by atoms with van der Waals surface area (Å²) in [6, 6.07) is 8.10. The average Bonchev–Trinajstić information content (AvgIpc) is 3.23. The van der Waals surface area contributed by atoms with E-state index in [4.69, 9.17) is 9.26 Å². The summed E-state index contributed by atoms with van der Waals surface area (Å²) in [5, 5.41) is 29.4. The molecule has 11 nitrogen and oxygen atoms in total. The third kappa shape index (κ3) is 3.18. The lowest BCUT2D eigenvalue weighted by atomic mass is 10.1. The van der Waals surface area contributed by atoms with Gasteiger partial charge in [0.05, 0.1) is 12.9 Å². The molecule has 2 aromatic heterocycles. The van der Waals surface area contributed by atoms with Crippen LogP contribution in [0.15, 0.2) is 43.0 Å². The molecule has 3 aromatic rings. The number of hydrogen-bond acceptors (Lipinski definition) is 9. The first-order valence-corrected chi connectivity index (χ1v) is 9.88. The Balaban J connectivity index is 1.72. The standard InChI is InChI=1S/C16H17N4O7P/c21-6-10-12(22)13(23)16(26-10)20-8-19-11-14(20)17-7-18-15(11)28(24,25)27-9-4-2-1-3-5-9/h1-5,7-8,10,12-13,16,21-23H,6H2,(H,24,25)/t10-,12-,13-,16-/m1/s1. The van der Waals surface area contributed by atoms with E-state index in [-0.39, 0.29) is 22.3 Å². The number of aliphatic hydroxyl groups is 3. The van der Waals surface area contributed by atoms with Crippen molar-refractivity contribution < 1.29 is 34.0 Å². The highest BCUT2D eigenvalue weighted by Crippen LogP contribution is 2.42. The van der Waals surface area contributed by atoms with Crippen LogP contribution in [-0.2, 0) is 9.30 Å². The van der Waals surface area contributed by atoms with Crippen LogP contribution < -0.4 is 9.96 Å². The lowest BCUT2D eigenvalue weighted by Gasteiger charge is -2.17. The first-order valence-electron chi connectivity index (χ1n) is 8.30. The van der Waals surface area contributed by atoms with E-state index in [0.29, 0.717) is 0 Å². The number of benzene rings is 1. The monoisotopic (exact) mass is 408 g/mol. The average molecular weight is 408 g/mol. The minimum atomic E-state index is -4.40. The van der Waals surface area contributed by atoms with Crippen molar-refractivity contribution in [2.75, 3.05) is 6.61 Å². The van der Waals surface area contributed by atoms with Crippen molar-refractivity contribution in [3.05, 3.63) is 43.0 Å². The van der Waals surface area contributed by atoms with Gasteiger partial charge in [-0.2, -0.15) is 0 Å². The Morgan fingerprint density at radius 1 is 1.14 bits per heavy atom. The molecule has 1 unspecified atom stereocenters. The molecule has 148 valence electrons. The van der Waals surface area contributed by atoms with Crippen LogP contribution in [0.25, 0.3) is 11.2 Å². The number of para-hydroxylation sites is 1. The molecule has 1 aliphatic rings. The Morgan fingerprint density at radius 3 is 2.57 bits per heavy atom. The predicted molar refractivity (Wildman–Crippen MR) is 94.9 cm³/mol. The molecule has 4 rings (SSSR count). The fourth-order valence-electron chi connectivity index (χ4n) is 3.01. The van der Waals surface area contributed by atoms with E-state index in [0.717, 1.165) is 6.33 Å². The summed E-state index contributed by atoms with van der Waals surface area (Å²) >= 11 is 0. The zero-order valence-electron chi connectivity index (χ0n) is 14.3. The van der Waals surface area contributed by atoms with Crippen molar-refractivity contribution in [1.82, 2.24) is 19.5 Å². The van der Waals surface area contributed by atoms with Crippen LogP contribution in [0.4, 0.5) is 0 Å². The maximum Gasteiger partial charge on any atom is 0.428 e. The molecule has 1 aliphatic heterocycles. The fraction of sp³-hybridized carbons (Fsp3) is 0.312. The number of ether oxygens (including phenoxy) is 1. The normalized spacial score (nSPS) is 27.0. The predicted octanol–water partition coefficient (Wildman–Crippen LogP) is -0.673. The van der Waals surface area contributed by atoms with E-state index in [1.807, 2.05) is 0 Å². The molecular formula is C16H17N4O7P. The highest BCUT2D eigenvalue weighted by atomic mass is 31.2. The number of hydrogen-bond donors (Lipinski definition) is 4. The summed E-state index contributed by atoms with van der Waals surface area (Å²) in [4.78, 5) is 22.4. The maximum atomic E-state index is 12.8. The molecule has 0 bridgehead atoms. The molecule has 1 saturated heterocycles. The van der Waals surface area contributed by atoms with Crippen LogP contribution in [0.5, 0.6) is 5.75 Å². The summed E-state index contributed by atoms with van der Waals surface area (Å²) in [6.07, 6.45) is -2.43. The number of nitrogens with zero attached hydrogens (tertiary/aromatic N) is 4. The third-order valence-corrected chi connectivity index (χ3v) is 5.69. The van der Waals surface area contributed by atoms with Gasteiger partial charge in [0.2, 0.25) is 0 Å². The van der Waals surface area contributed by atoms with Crippen molar-refractivity contribution >= 4 is 24.2 Å². The topological polar surface area (TPSA) is 160 Å². The first-order chi connectivity index (χ1) is 13.4. The molecule has 0 radical (unpaired) electrons. The highest BCUT2D eigenvalue weighted by Gasteiger charge is 2.44. The van der Waals surface area contributed by atoms with E-state index < -0.39 is 38.7 Å². The van der Waals surface area contributed by atoms with Crippen LogP contribution in [0, 0.1) is 0 Å². The molecule has 5 atom stereocenters. The van der Waals surface area contributed by atoms with Gasteiger partial charge in [-0.05, 0) is 12.1 Å². The Hall–Kier alpha value is -2.40. The molecule has 28 heavy (non-hydrogen) atoms. The van der Waals surface area contributed by atoms with Crippen LogP contribution in [0.1, 0.15) is 6.23 Å². The maximum absolute atomic E-state index is 12.8. The van der Waals surface area contributed by atoms with E-state index in [2.05, 4.69) is 15.0 Å². The van der Waals surface area contributed by atoms with Crippen LogP contribution >= 0.6 is 7.60 Å². The number of fused-ring (bicyclic) bond motifs is 1. The quantitative estimate of drug-likeness (QED) is 0.399. The molecular weight excluding hydrogens is 391 g/mol. The minimum Gasteiger partial charge on any atom is -0.420 e. The number of aliphatic hydroxyl groups excluding tert-OH is 3. The molecule has 0 saturated carbocycles.